The molecular weight excluding hydrogens is 534 g/mol. The second kappa shape index (κ2) is 31.4. The molecule has 0 bridgehead atoms. The van der Waals surface area contributed by atoms with E-state index < -0.39 is 0 Å². The van der Waals surface area contributed by atoms with Crippen molar-refractivity contribution >= 4 is 24.0 Å². The predicted molar refractivity (Wildman–Crippen MR) is 187 cm³/mol. The van der Waals surface area contributed by atoms with E-state index in [9.17, 15) is 9.59 Å². The average Bonchev–Trinajstić information content (AvgIpc) is 3.03. The van der Waals surface area contributed by atoms with Gasteiger partial charge in [0.1, 0.15) is 12.6 Å². The molecule has 0 aliphatic carbocycles. The number of rotatable bonds is 9. The summed E-state index contributed by atoms with van der Waals surface area (Å²) in [5.74, 6) is 0.104. The summed E-state index contributed by atoms with van der Waals surface area (Å²) in [6.07, 6.45) is 6.54. The second-order valence-corrected chi connectivity index (χ2v) is 9.40. The van der Waals surface area contributed by atoms with Crippen LogP contribution >= 0.6 is 0 Å². The zero-order valence-electron chi connectivity index (χ0n) is 28.6. The fraction of sp³-hybridized carbons (Fsp3) is 0.447. The smallest absolute Gasteiger partial charge is 0.159 e. The van der Waals surface area contributed by atoms with Crippen molar-refractivity contribution < 1.29 is 19.5 Å². The zero-order chi connectivity index (χ0) is 33.5. The van der Waals surface area contributed by atoms with Gasteiger partial charge in [-0.05, 0) is 75.8 Å². The molecule has 0 radical (unpaired) electrons. The Bertz CT molecular complexity index is 1060. The fourth-order valence-electron chi connectivity index (χ4n) is 3.02. The van der Waals surface area contributed by atoms with Crippen molar-refractivity contribution in [3.8, 4) is 11.1 Å². The largest absolute Gasteiger partial charge is 0.393 e. The van der Waals surface area contributed by atoms with Gasteiger partial charge in [-0.15, -0.1) is 0 Å². The van der Waals surface area contributed by atoms with Gasteiger partial charge in [-0.1, -0.05) is 114 Å². The number of aryl methyl sites for hydroxylation is 2. The van der Waals surface area contributed by atoms with Crippen LogP contribution in [0, 0.1) is 6.92 Å². The van der Waals surface area contributed by atoms with Crippen molar-refractivity contribution in [1.29, 1.82) is 0 Å². The van der Waals surface area contributed by atoms with Crippen LogP contribution in [0.25, 0.3) is 11.1 Å². The van der Waals surface area contributed by atoms with Gasteiger partial charge in [0, 0.05) is 24.2 Å². The Morgan fingerprint density at radius 2 is 1.35 bits per heavy atom. The van der Waals surface area contributed by atoms with E-state index in [1.807, 2.05) is 52.0 Å². The number of Topliss-reactive ketones (excluding diaryl/α,β-unsaturated/α-hetero) is 1. The molecule has 0 heterocycles. The molecule has 3 aromatic carbocycles. The third kappa shape index (κ3) is 25.8. The van der Waals surface area contributed by atoms with Gasteiger partial charge in [-0.2, -0.15) is 0 Å². The van der Waals surface area contributed by atoms with Gasteiger partial charge in [0.15, 0.2) is 5.78 Å². The van der Waals surface area contributed by atoms with Crippen LogP contribution in [-0.2, 0) is 16.0 Å². The maximum absolute atomic E-state index is 11.3. The number of aliphatic hydroxyl groups is 1. The number of carbonyl (C=O) groups is 3. The van der Waals surface area contributed by atoms with Gasteiger partial charge in [0.25, 0.3) is 0 Å². The SMILES string of the molecule is CC.CC=O.CCC(C)O.CCC=O.CCCCNc1ccc(-c2ccc(C(C)=O)cc2)cc1.CCc1cccc(C)c1. The van der Waals surface area contributed by atoms with Crippen LogP contribution in [0.15, 0.2) is 72.8 Å². The minimum atomic E-state index is -0.116. The first-order valence-corrected chi connectivity index (χ1v) is 15.7. The van der Waals surface area contributed by atoms with Crippen LogP contribution in [0.3, 0.4) is 0 Å². The van der Waals surface area contributed by atoms with Gasteiger partial charge in [0.05, 0.1) is 6.10 Å². The Hall–Kier alpha value is -3.57. The molecule has 0 amide bonds. The summed E-state index contributed by atoms with van der Waals surface area (Å²) in [6, 6.07) is 24.8. The van der Waals surface area contributed by atoms with Crippen LogP contribution in [-0.4, -0.2) is 36.1 Å². The van der Waals surface area contributed by atoms with Crippen LogP contribution in [0.5, 0.6) is 0 Å². The van der Waals surface area contributed by atoms with Gasteiger partial charge >= 0.3 is 0 Å². The summed E-state index contributed by atoms with van der Waals surface area (Å²) in [7, 11) is 0. The Labute approximate surface area is 263 Å². The number of aliphatic hydroxyl groups excluding tert-OH is 1. The summed E-state index contributed by atoms with van der Waals surface area (Å²) in [4.78, 5) is 29.2. The quantitative estimate of drug-likeness (QED) is 0.147. The highest BCUT2D eigenvalue weighted by atomic mass is 16.3. The number of unbranched alkanes of at least 4 members (excludes halogenated alkanes) is 1. The van der Waals surface area contributed by atoms with E-state index in [0.717, 1.165) is 48.8 Å². The summed E-state index contributed by atoms with van der Waals surface area (Å²) in [6.45, 7) is 20.1. The monoisotopic (exact) mass is 593 g/mol. The number of aldehydes is 2. The van der Waals surface area contributed by atoms with E-state index >= 15 is 0 Å². The van der Waals surface area contributed by atoms with Gasteiger partial charge in [-0.25, -0.2) is 0 Å². The summed E-state index contributed by atoms with van der Waals surface area (Å²) in [5, 5.41) is 11.8. The second-order valence-electron chi connectivity index (χ2n) is 9.40. The van der Waals surface area contributed by atoms with Crippen molar-refractivity contribution in [3.05, 3.63) is 89.5 Å². The average molecular weight is 594 g/mol. The summed E-state index contributed by atoms with van der Waals surface area (Å²) in [5.41, 5.74) is 7.00. The molecule has 0 spiro atoms. The number of hydrogen-bond acceptors (Lipinski definition) is 5. The summed E-state index contributed by atoms with van der Waals surface area (Å²) >= 11 is 0. The Kier molecular flexibility index (Phi) is 32.0. The molecule has 5 nitrogen and oxygen atoms in total. The number of nitrogens with one attached hydrogen (secondary N) is 1. The predicted octanol–water partition coefficient (Wildman–Crippen LogP) is 9.93. The number of carbonyl (C=O) groups excluding carboxylic acids is 3. The number of hydrogen-bond donors (Lipinski definition) is 2. The fourth-order valence-corrected chi connectivity index (χ4v) is 3.02. The highest BCUT2D eigenvalue weighted by Gasteiger charge is 2.01. The Morgan fingerprint density at radius 3 is 1.67 bits per heavy atom. The zero-order valence-corrected chi connectivity index (χ0v) is 28.6. The molecule has 0 fully saturated rings. The van der Waals surface area contributed by atoms with Crippen molar-refractivity contribution in [1.82, 2.24) is 0 Å². The molecule has 0 aliphatic heterocycles. The van der Waals surface area contributed by atoms with E-state index in [-0.39, 0.29) is 11.9 Å². The molecule has 1 atom stereocenters. The van der Waals surface area contributed by atoms with Crippen LogP contribution in [0.2, 0.25) is 0 Å². The molecule has 0 saturated carbocycles. The third-order valence-electron chi connectivity index (χ3n) is 5.62. The molecule has 0 saturated heterocycles. The molecule has 3 aromatic rings. The third-order valence-corrected chi connectivity index (χ3v) is 5.62. The van der Waals surface area contributed by atoms with E-state index in [0.29, 0.717) is 6.42 Å². The van der Waals surface area contributed by atoms with E-state index in [1.54, 1.807) is 13.8 Å². The molecule has 0 aromatic heterocycles. The lowest BCUT2D eigenvalue weighted by Gasteiger charge is -2.07. The van der Waals surface area contributed by atoms with Crippen molar-refractivity contribution in [2.75, 3.05) is 11.9 Å². The molecule has 43 heavy (non-hydrogen) atoms. The number of anilines is 1. The first kappa shape index (κ1) is 43.9. The standard InChI is InChI=1S/C18H21NO.C9H12.C4H10O.C3H6O.C2H4O.C2H6/c1-3-4-13-19-18-11-9-17(10-12-18)16-7-5-15(6-8-16)14(2)20;1-3-9-6-4-5-8(2)7-9;1-3-4(2)5;1-2-3-4;1-2-3;1-2/h5-12,19H,3-4,13H2,1-2H3;4-7H,3H2,1-2H3;4-5H,3H2,1-2H3;3H,2H2,1H3;2H,1H3;1-2H3. The molecule has 1 unspecified atom stereocenters. The first-order valence-electron chi connectivity index (χ1n) is 15.7. The normalized spacial score (nSPS) is 9.56. The van der Waals surface area contributed by atoms with E-state index in [1.165, 1.54) is 36.5 Å². The summed E-state index contributed by atoms with van der Waals surface area (Å²) < 4.78 is 0. The molecule has 240 valence electrons. The highest BCUT2D eigenvalue weighted by molar-refractivity contribution is 5.94. The molecule has 0 aliphatic rings. The maximum atomic E-state index is 11.3. The Balaban J connectivity index is -0.000000574. The minimum Gasteiger partial charge on any atom is -0.393 e. The van der Waals surface area contributed by atoms with E-state index in [2.05, 4.69) is 74.6 Å². The Morgan fingerprint density at radius 1 is 0.884 bits per heavy atom. The van der Waals surface area contributed by atoms with Crippen LogP contribution in [0.4, 0.5) is 5.69 Å². The molecular formula is C38H59NO4. The lowest BCUT2D eigenvalue weighted by molar-refractivity contribution is -0.107. The van der Waals surface area contributed by atoms with E-state index in [4.69, 9.17) is 9.90 Å². The molecule has 3 rings (SSSR count). The van der Waals surface area contributed by atoms with Gasteiger partial charge < -0.3 is 20.0 Å². The number of benzene rings is 3. The van der Waals surface area contributed by atoms with Crippen molar-refractivity contribution in [2.45, 2.75) is 107 Å². The minimum absolute atomic E-state index is 0.104. The lowest BCUT2D eigenvalue weighted by Crippen LogP contribution is -2.00. The van der Waals surface area contributed by atoms with Crippen LogP contribution < -0.4 is 5.32 Å². The van der Waals surface area contributed by atoms with Gasteiger partial charge in [-0.3, -0.25) is 4.79 Å². The molecule has 2 N–H and O–H groups in total. The van der Waals surface area contributed by atoms with Crippen LogP contribution in [0.1, 0.15) is 109 Å². The maximum Gasteiger partial charge on any atom is 0.159 e. The number of ketones is 1. The lowest BCUT2D eigenvalue weighted by atomic mass is 10.0. The molecule has 5 heteroatoms. The van der Waals surface area contributed by atoms with Gasteiger partial charge in [0.2, 0.25) is 0 Å². The van der Waals surface area contributed by atoms with Crippen molar-refractivity contribution in [2.24, 2.45) is 0 Å². The highest BCUT2D eigenvalue weighted by Crippen LogP contribution is 2.22. The van der Waals surface area contributed by atoms with Crippen molar-refractivity contribution in [3.63, 3.8) is 0 Å². The first-order chi connectivity index (χ1) is 20.6. The topological polar surface area (TPSA) is 83.5 Å².